The number of hydrogen-bond donors (Lipinski definition) is 3. The van der Waals surface area contributed by atoms with Gasteiger partial charge in [0, 0.05) is 6.54 Å². The van der Waals surface area contributed by atoms with E-state index in [2.05, 4.69) is 26.0 Å². The van der Waals surface area contributed by atoms with Crippen LogP contribution in [0, 0.1) is 5.92 Å². The van der Waals surface area contributed by atoms with E-state index in [1.807, 2.05) is 20.8 Å². The van der Waals surface area contributed by atoms with Gasteiger partial charge in [0.1, 0.15) is 4.21 Å². The van der Waals surface area contributed by atoms with Crippen LogP contribution in [-0.2, 0) is 14.8 Å². The molecule has 1 unspecified atom stereocenters. The summed E-state index contributed by atoms with van der Waals surface area (Å²) in [6, 6.07) is 3.12. The number of rotatable bonds is 7. The number of hydrogen-bond acceptors (Lipinski definition) is 5. The van der Waals surface area contributed by atoms with E-state index in [-0.39, 0.29) is 23.2 Å². The molecule has 0 fully saturated rings. The Balaban J connectivity index is 2.65. The molecule has 0 aliphatic carbocycles. The van der Waals surface area contributed by atoms with Gasteiger partial charge in [0.15, 0.2) is 0 Å². The molecule has 1 rings (SSSR count). The van der Waals surface area contributed by atoms with E-state index in [1.54, 1.807) is 6.07 Å². The molecule has 0 bridgehead atoms. The van der Waals surface area contributed by atoms with E-state index < -0.39 is 21.5 Å². The zero-order valence-corrected chi connectivity index (χ0v) is 15.4. The third kappa shape index (κ3) is 5.03. The van der Waals surface area contributed by atoms with Gasteiger partial charge in [-0.2, -0.15) is 0 Å². The van der Waals surface area contributed by atoms with Gasteiger partial charge in [-0.05, 0) is 40.9 Å². The number of nitrogens with one attached hydrogen (secondary N) is 2. The number of halogens is 1. The smallest absolute Gasteiger partial charge is 0.250 e. The summed E-state index contributed by atoms with van der Waals surface area (Å²) in [5.41, 5.74) is 5.11. The maximum atomic E-state index is 12.0. The number of sulfonamides is 1. The molecule has 0 aliphatic rings. The molecular weight excluding hydrogens is 378 g/mol. The summed E-state index contributed by atoms with van der Waals surface area (Å²) in [5, 5.41) is 2.78. The van der Waals surface area contributed by atoms with Crippen molar-refractivity contribution in [1.82, 2.24) is 10.0 Å². The average molecular weight is 398 g/mol. The van der Waals surface area contributed by atoms with Crippen molar-refractivity contribution in [3.8, 4) is 0 Å². The van der Waals surface area contributed by atoms with Crippen molar-refractivity contribution in [2.24, 2.45) is 11.7 Å². The van der Waals surface area contributed by atoms with Gasteiger partial charge >= 0.3 is 0 Å². The van der Waals surface area contributed by atoms with Crippen molar-refractivity contribution < 1.29 is 13.2 Å². The maximum Gasteiger partial charge on any atom is 0.250 e. The van der Waals surface area contributed by atoms with Gasteiger partial charge in [0.25, 0.3) is 10.0 Å². The fourth-order valence-corrected chi connectivity index (χ4v) is 4.50. The second-order valence-electron chi connectivity index (χ2n) is 5.21. The minimum absolute atomic E-state index is 0.135. The van der Waals surface area contributed by atoms with E-state index in [0.717, 1.165) is 11.3 Å². The lowest BCUT2D eigenvalue weighted by atomic mass is 9.88. The van der Waals surface area contributed by atoms with E-state index in [1.165, 1.54) is 6.07 Å². The Morgan fingerprint density at radius 3 is 2.52 bits per heavy atom. The zero-order chi connectivity index (χ0) is 16.3. The summed E-state index contributed by atoms with van der Waals surface area (Å²) >= 11 is 4.29. The molecule has 6 nitrogen and oxygen atoms in total. The van der Waals surface area contributed by atoms with Crippen molar-refractivity contribution in [2.45, 2.75) is 30.5 Å². The first kappa shape index (κ1) is 18.6. The van der Waals surface area contributed by atoms with Crippen LogP contribution in [-0.4, -0.2) is 33.0 Å². The lowest BCUT2D eigenvalue weighted by Gasteiger charge is -2.33. The molecule has 1 aromatic heterocycles. The van der Waals surface area contributed by atoms with Gasteiger partial charge in [-0.25, -0.2) is 13.1 Å². The molecule has 4 N–H and O–H groups in total. The number of carbonyl (C=O) groups excluding carboxylic acids is 1. The Morgan fingerprint density at radius 1 is 1.48 bits per heavy atom. The molecule has 1 heterocycles. The Labute approximate surface area is 137 Å². The molecule has 0 saturated heterocycles. The molecule has 1 atom stereocenters. The fourth-order valence-electron chi connectivity index (χ4n) is 1.47. The third-order valence-corrected chi connectivity index (χ3v) is 6.88. The lowest BCUT2D eigenvalue weighted by Crippen LogP contribution is -2.56. The van der Waals surface area contributed by atoms with Crippen molar-refractivity contribution in [2.75, 3.05) is 13.1 Å². The molecule has 1 aromatic rings. The molecule has 0 aliphatic heterocycles. The zero-order valence-electron chi connectivity index (χ0n) is 12.1. The molecule has 0 spiro atoms. The number of amides is 1. The number of carbonyl (C=O) groups is 1. The van der Waals surface area contributed by atoms with E-state index in [9.17, 15) is 13.2 Å². The van der Waals surface area contributed by atoms with Crippen LogP contribution in [0.5, 0.6) is 0 Å². The molecule has 0 radical (unpaired) electrons. The largest absolute Gasteiger partial charge is 0.348 e. The Hall–Kier alpha value is -0.480. The van der Waals surface area contributed by atoms with Crippen LogP contribution in [0.4, 0.5) is 0 Å². The van der Waals surface area contributed by atoms with E-state index in [4.69, 9.17) is 5.73 Å². The topological polar surface area (TPSA) is 101 Å². The molecule has 21 heavy (non-hydrogen) atoms. The van der Waals surface area contributed by atoms with Crippen LogP contribution in [0.3, 0.4) is 0 Å². The summed E-state index contributed by atoms with van der Waals surface area (Å²) in [6.45, 7) is 5.68. The highest BCUT2D eigenvalue weighted by Crippen LogP contribution is 2.25. The monoisotopic (exact) mass is 397 g/mol. The summed E-state index contributed by atoms with van der Waals surface area (Å²) in [5.74, 6) is -0.271. The van der Waals surface area contributed by atoms with Gasteiger partial charge in [0.05, 0.1) is 15.9 Å². The van der Waals surface area contributed by atoms with Crippen LogP contribution in [0.15, 0.2) is 20.1 Å². The molecular formula is C12H20BrN3O3S2. The summed E-state index contributed by atoms with van der Waals surface area (Å²) in [4.78, 5) is 11.9. The summed E-state index contributed by atoms with van der Waals surface area (Å²) < 4.78 is 27.1. The highest BCUT2D eigenvalue weighted by atomic mass is 79.9. The second-order valence-corrected chi connectivity index (χ2v) is 9.66. The molecule has 0 saturated carbocycles. The van der Waals surface area contributed by atoms with Crippen molar-refractivity contribution in [3.05, 3.63) is 15.9 Å². The molecule has 0 aromatic carbocycles. The van der Waals surface area contributed by atoms with Gasteiger partial charge in [-0.15, -0.1) is 11.3 Å². The minimum Gasteiger partial charge on any atom is -0.348 e. The van der Waals surface area contributed by atoms with Crippen LogP contribution in [0.25, 0.3) is 0 Å². The second kappa shape index (κ2) is 7.19. The standard InChI is InChI=1S/C12H20BrN3O3S2/c1-8(2)12(3,7-14)16-10(17)6-15-21(18,19)11-5-4-9(13)20-11/h4-5,8,15H,6-7,14H2,1-3H3,(H,16,17). The summed E-state index contributed by atoms with van der Waals surface area (Å²) in [6.07, 6.45) is 0. The number of thiophene rings is 1. The lowest BCUT2D eigenvalue weighted by molar-refractivity contribution is -0.122. The minimum atomic E-state index is -3.67. The van der Waals surface area contributed by atoms with Crippen LogP contribution >= 0.6 is 27.3 Å². The Bertz CT molecular complexity index is 601. The third-order valence-electron chi connectivity index (χ3n) is 3.36. The van der Waals surface area contributed by atoms with Crippen LogP contribution < -0.4 is 15.8 Å². The van der Waals surface area contributed by atoms with Crippen molar-refractivity contribution in [3.63, 3.8) is 0 Å². The first-order valence-electron chi connectivity index (χ1n) is 6.37. The van der Waals surface area contributed by atoms with E-state index >= 15 is 0 Å². The predicted molar refractivity (Wildman–Crippen MR) is 87.6 cm³/mol. The maximum absolute atomic E-state index is 12.0. The van der Waals surface area contributed by atoms with Crippen LogP contribution in [0.2, 0.25) is 0 Å². The molecule has 9 heteroatoms. The summed E-state index contributed by atoms with van der Waals surface area (Å²) in [7, 11) is -3.67. The SMILES string of the molecule is CC(C)C(C)(CN)NC(=O)CNS(=O)(=O)c1ccc(Br)s1. The van der Waals surface area contributed by atoms with Crippen LogP contribution in [0.1, 0.15) is 20.8 Å². The first-order chi connectivity index (χ1) is 9.60. The van der Waals surface area contributed by atoms with E-state index in [0.29, 0.717) is 3.79 Å². The van der Waals surface area contributed by atoms with Gasteiger partial charge in [-0.1, -0.05) is 13.8 Å². The number of nitrogens with two attached hydrogens (primary N) is 1. The van der Waals surface area contributed by atoms with Crippen molar-refractivity contribution >= 4 is 43.2 Å². The van der Waals surface area contributed by atoms with Gasteiger partial charge in [-0.3, -0.25) is 4.79 Å². The predicted octanol–water partition coefficient (Wildman–Crippen LogP) is 1.28. The Kier molecular flexibility index (Phi) is 6.36. The molecule has 1 amide bonds. The fraction of sp³-hybridized carbons (Fsp3) is 0.583. The first-order valence-corrected chi connectivity index (χ1v) is 9.46. The molecule has 120 valence electrons. The highest BCUT2D eigenvalue weighted by Gasteiger charge is 2.29. The Morgan fingerprint density at radius 2 is 2.10 bits per heavy atom. The van der Waals surface area contributed by atoms with Gasteiger partial charge < -0.3 is 11.1 Å². The quantitative estimate of drug-likeness (QED) is 0.644. The highest BCUT2D eigenvalue weighted by molar-refractivity contribution is 9.11. The average Bonchev–Trinajstić information content (AvgIpc) is 2.83. The van der Waals surface area contributed by atoms with Gasteiger partial charge in [0.2, 0.25) is 5.91 Å². The van der Waals surface area contributed by atoms with Crippen molar-refractivity contribution in [1.29, 1.82) is 0 Å². The normalized spacial score (nSPS) is 15.0.